The van der Waals surface area contributed by atoms with Crippen LogP contribution in [0.1, 0.15) is 39.0 Å². The SMILES string of the molecule is COCCOCCCNCC1(N(C)C)CCCC(C)C1. The van der Waals surface area contributed by atoms with Gasteiger partial charge in [-0.2, -0.15) is 0 Å². The van der Waals surface area contributed by atoms with Crippen LogP contribution >= 0.6 is 0 Å². The summed E-state index contributed by atoms with van der Waals surface area (Å²) in [6.07, 6.45) is 6.46. The lowest BCUT2D eigenvalue weighted by Crippen LogP contribution is -2.54. The van der Waals surface area contributed by atoms with E-state index in [1.807, 2.05) is 0 Å². The van der Waals surface area contributed by atoms with Crippen molar-refractivity contribution in [2.24, 2.45) is 5.92 Å². The molecule has 4 heteroatoms. The molecular weight excluding hydrogens is 252 g/mol. The van der Waals surface area contributed by atoms with E-state index in [4.69, 9.17) is 9.47 Å². The number of hydrogen-bond acceptors (Lipinski definition) is 4. The third kappa shape index (κ3) is 6.08. The molecule has 120 valence electrons. The zero-order valence-corrected chi connectivity index (χ0v) is 13.9. The predicted octanol–water partition coefficient (Wildman–Crippen LogP) is 2.14. The van der Waals surface area contributed by atoms with Crippen LogP contribution in [0.2, 0.25) is 0 Å². The van der Waals surface area contributed by atoms with Crippen molar-refractivity contribution in [1.29, 1.82) is 0 Å². The van der Waals surface area contributed by atoms with Crippen LogP contribution in [-0.2, 0) is 9.47 Å². The largest absolute Gasteiger partial charge is 0.382 e. The third-order valence-electron chi connectivity index (χ3n) is 4.54. The van der Waals surface area contributed by atoms with Gasteiger partial charge in [0.1, 0.15) is 0 Å². The normalized spacial score (nSPS) is 27.1. The van der Waals surface area contributed by atoms with Gasteiger partial charge in [-0.15, -0.1) is 0 Å². The monoisotopic (exact) mass is 286 g/mol. The molecule has 1 N–H and O–H groups in total. The smallest absolute Gasteiger partial charge is 0.0700 e. The summed E-state index contributed by atoms with van der Waals surface area (Å²) in [5.41, 5.74) is 0.356. The molecular formula is C16H34N2O2. The minimum Gasteiger partial charge on any atom is -0.382 e. The van der Waals surface area contributed by atoms with Crippen LogP contribution in [0, 0.1) is 5.92 Å². The van der Waals surface area contributed by atoms with Crippen LogP contribution in [0.3, 0.4) is 0 Å². The molecule has 1 aliphatic carbocycles. The van der Waals surface area contributed by atoms with Crippen LogP contribution < -0.4 is 5.32 Å². The van der Waals surface area contributed by atoms with Crippen LogP contribution in [0.15, 0.2) is 0 Å². The zero-order chi connectivity index (χ0) is 14.8. The van der Waals surface area contributed by atoms with E-state index in [2.05, 4.69) is 31.2 Å². The van der Waals surface area contributed by atoms with E-state index in [-0.39, 0.29) is 0 Å². The van der Waals surface area contributed by atoms with E-state index in [0.29, 0.717) is 18.8 Å². The van der Waals surface area contributed by atoms with Crippen molar-refractivity contribution >= 4 is 0 Å². The Balaban J connectivity index is 2.17. The second-order valence-corrected chi connectivity index (χ2v) is 6.46. The Labute approximate surface area is 125 Å². The van der Waals surface area contributed by atoms with Gasteiger partial charge in [0.15, 0.2) is 0 Å². The van der Waals surface area contributed by atoms with E-state index in [1.54, 1.807) is 7.11 Å². The summed E-state index contributed by atoms with van der Waals surface area (Å²) in [6, 6.07) is 0. The lowest BCUT2D eigenvalue weighted by molar-refractivity contribution is 0.0644. The first-order valence-electron chi connectivity index (χ1n) is 8.05. The number of hydrogen-bond donors (Lipinski definition) is 1. The van der Waals surface area contributed by atoms with Gasteiger partial charge in [-0.1, -0.05) is 19.8 Å². The first kappa shape index (κ1) is 17.9. The standard InChI is InChI=1S/C16H34N2O2/c1-15-7-5-8-16(13-15,18(2)3)14-17-9-6-10-20-12-11-19-4/h15,17H,5-14H2,1-4H3. The molecule has 2 unspecified atom stereocenters. The molecule has 0 aromatic rings. The Morgan fingerprint density at radius 2 is 2.05 bits per heavy atom. The molecule has 1 saturated carbocycles. The quantitative estimate of drug-likeness (QED) is 0.624. The Kier molecular flexibility index (Phi) is 8.69. The molecule has 0 aromatic heterocycles. The Morgan fingerprint density at radius 1 is 1.25 bits per heavy atom. The molecule has 4 nitrogen and oxygen atoms in total. The Bertz CT molecular complexity index is 249. The van der Waals surface area contributed by atoms with Crippen LogP contribution in [-0.4, -0.2) is 64.6 Å². The molecule has 0 amide bonds. The molecule has 0 bridgehead atoms. The number of likely N-dealkylation sites (N-methyl/N-ethyl adjacent to an activating group) is 1. The number of methoxy groups -OCH3 is 1. The molecule has 1 fully saturated rings. The topological polar surface area (TPSA) is 33.7 Å². The summed E-state index contributed by atoms with van der Waals surface area (Å²) in [4.78, 5) is 2.44. The average molecular weight is 286 g/mol. The van der Waals surface area contributed by atoms with Crippen molar-refractivity contribution in [1.82, 2.24) is 10.2 Å². The number of ether oxygens (including phenoxy) is 2. The predicted molar refractivity (Wildman–Crippen MR) is 84.2 cm³/mol. The molecule has 2 atom stereocenters. The van der Waals surface area contributed by atoms with Gasteiger partial charge in [-0.05, 0) is 45.8 Å². The number of rotatable bonds is 10. The fraction of sp³-hybridized carbons (Fsp3) is 1.00. The van der Waals surface area contributed by atoms with Crippen LogP contribution in [0.25, 0.3) is 0 Å². The van der Waals surface area contributed by atoms with Crippen molar-refractivity contribution in [3.8, 4) is 0 Å². The maximum Gasteiger partial charge on any atom is 0.0700 e. The van der Waals surface area contributed by atoms with E-state index >= 15 is 0 Å². The third-order valence-corrected chi connectivity index (χ3v) is 4.54. The van der Waals surface area contributed by atoms with Crippen LogP contribution in [0.5, 0.6) is 0 Å². The molecule has 0 saturated heterocycles. The van der Waals surface area contributed by atoms with E-state index in [1.165, 1.54) is 25.7 Å². The van der Waals surface area contributed by atoms with Crippen molar-refractivity contribution in [3.63, 3.8) is 0 Å². The highest BCUT2D eigenvalue weighted by Gasteiger charge is 2.36. The van der Waals surface area contributed by atoms with Gasteiger partial charge in [0.05, 0.1) is 13.2 Å². The molecule has 0 aromatic carbocycles. The Hall–Kier alpha value is -0.160. The Morgan fingerprint density at radius 3 is 2.70 bits per heavy atom. The lowest BCUT2D eigenvalue weighted by atomic mass is 9.75. The molecule has 0 spiro atoms. The van der Waals surface area contributed by atoms with Gasteiger partial charge in [0, 0.05) is 25.8 Å². The van der Waals surface area contributed by atoms with Gasteiger partial charge in [-0.3, -0.25) is 0 Å². The van der Waals surface area contributed by atoms with Gasteiger partial charge >= 0.3 is 0 Å². The lowest BCUT2D eigenvalue weighted by Gasteiger charge is -2.45. The van der Waals surface area contributed by atoms with E-state index in [0.717, 1.165) is 32.0 Å². The van der Waals surface area contributed by atoms with Crippen molar-refractivity contribution in [2.75, 3.05) is 54.1 Å². The van der Waals surface area contributed by atoms with E-state index < -0.39 is 0 Å². The van der Waals surface area contributed by atoms with Crippen molar-refractivity contribution < 1.29 is 9.47 Å². The van der Waals surface area contributed by atoms with Gasteiger partial charge in [0.25, 0.3) is 0 Å². The van der Waals surface area contributed by atoms with E-state index in [9.17, 15) is 0 Å². The first-order valence-corrected chi connectivity index (χ1v) is 8.05. The summed E-state index contributed by atoms with van der Waals surface area (Å²) >= 11 is 0. The second kappa shape index (κ2) is 9.72. The van der Waals surface area contributed by atoms with Gasteiger partial charge in [0.2, 0.25) is 0 Å². The molecule has 1 rings (SSSR count). The maximum absolute atomic E-state index is 5.48. The summed E-state index contributed by atoms with van der Waals surface area (Å²) in [5.74, 6) is 0.852. The van der Waals surface area contributed by atoms with Gasteiger partial charge < -0.3 is 19.7 Å². The summed E-state index contributed by atoms with van der Waals surface area (Å²) in [6.45, 7) is 6.74. The minimum absolute atomic E-state index is 0.356. The minimum atomic E-state index is 0.356. The maximum atomic E-state index is 5.48. The fourth-order valence-electron chi connectivity index (χ4n) is 3.22. The fourth-order valence-corrected chi connectivity index (χ4v) is 3.22. The molecule has 0 aliphatic heterocycles. The summed E-state index contributed by atoms with van der Waals surface area (Å²) < 4.78 is 10.4. The molecule has 20 heavy (non-hydrogen) atoms. The summed E-state index contributed by atoms with van der Waals surface area (Å²) in [5, 5.41) is 3.64. The number of nitrogens with one attached hydrogen (secondary N) is 1. The molecule has 0 radical (unpaired) electrons. The van der Waals surface area contributed by atoms with Crippen molar-refractivity contribution in [3.05, 3.63) is 0 Å². The van der Waals surface area contributed by atoms with Crippen molar-refractivity contribution in [2.45, 2.75) is 44.6 Å². The average Bonchev–Trinajstić information content (AvgIpc) is 2.41. The number of nitrogens with zero attached hydrogens (tertiary/aromatic N) is 1. The molecule has 1 aliphatic rings. The highest BCUT2D eigenvalue weighted by Crippen LogP contribution is 2.35. The highest BCUT2D eigenvalue weighted by molar-refractivity contribution is 4.94. The second-order valence-electron chi connectivity index (χ2n) is 6.46. The zero-order valence-electron chi connectivity index (χ0n) is 13.9. The van der Waals surface area contributed by atoms with Crippen LogP contribution in [0.4, 0.5) is 0 Å². The summed E-state index contributed by atoms with van der Waals surface area (Å²) in [7, 11) is 6.16. The first-order chi connectivity index (χ1) is 9.60. The van der Waals surface area contributed by atoms with Gasteiger partial charge in [-0.25, -0.2) is 0 Å². The molecule has 0 heterocycles. The highest BCUT2D eigenvalue weighted by atomic mass is 16.5.